The quantitative estimate of drug-likeness (QED) is 0.447. The number of para-hydroxylation sites is 2. The number of nitrogens with one attached hydrogen (secondary N) is 3. The molecule has 3 amide bonds. The molecule has 3 rings (SSSR count). The lowest BCUT2D eigenvalue weighted by Crippen LogP contribution is -2.51. The van der Waals surface area contributed by atoms with Gasteiger partial charge in [0.05, 0.1) is 0 Å². The monoisotopic (exact) mass is 413 g/mol. The summed E-state index contributed by atoms with van der Waals surface area (Å²) in [6, 6.07) is 15.2. The molecule has 30 heavy (non-hydrogen) atoms. The van der Waals surface area contributed by atoms with E-state index in [4.69, 9.17) is 14.2 Å². The summed E-state index contributed by atoms with van der Waals surface area (Å²) in [4.78, 5) is 47.3. The molecule has 0 fully saturated rings. The fourth-order valence-electron chi connectivity index (χ4n) is 2.44. The largest absolute Gasteiger partial charge is 0.485 e. The van der Waals surface area contributed by atoms with Gasteiger partial charge in [-0.1, -0.05) is 30.3 Å². The molecule has 1 aliphatic rings. The Balaban J connectivity index is 1.33. The van der Waals surface area contributed by atoms with Crippen molar-refractivity contribution in [1.82, 2.24) is 16.2 Å². The highest BCUT2D eigenvalue weighted by Gasteiger charge is 2.27. The van der Waals surface area contributed by atoms with Crippen molar-refractivity contribution in [3.05, 3.63) is 60.2 Å². The molecule has 1 aliphatic heterocycles. The van der Waals surface area contributed by atoms with Crippen LogP contribution in [0.5, 0.6) is 11.5 Å². The summed E-state index contributed by atoms with van der Waals surface area (Å²) in [5.74, 6) is -1.69. The maximum absolute atomic E-state index is 12.1. The summed E-state index contributed by atoms with van der Waals surface area (Å²) >= 11 is 0. The van der Waals surface area contributed by atoms with Gasteiger partial charge in [-0.2, -0.15) is 0 Å². The maximum atomic E-state index is 12.1. The number of ether oxygens (including phenoxy) is 3. The summed E-state index contributed by atoms with van der Waals surface area (Å²) in [5.41, 5.74) is 4.68. The SMILES string of the molecule is O=C(COC(=O)CNC(=O)c1ccccc1)NNC(=O)[C@@H]1COc2ccccc2O1. The molecule has 10 heteroatoms. The van der Waals surface area contributed by atoms with Crippen LogP contribution in [0.4, 0.5) is 0 Å². The minimum Gasteiger partial charge on any atom is -0.485 e. The van der Waals surface area contributed by atoms with E-state index in [-0.39, 0.29) is 6.61 Å². The number of rotatable bonds is 6. The molecule has 2 aromatic carbocycles. The smallest absolute Gasteiger partial charge is 0.325 e. The number of hydrogen-bond donors (Lipinski definition) is 3. The van der Waals surface area contributed by atoms with E-state index in [1.807, 2.05) is 0 Å². The average molecular weight is 413 g/mol. The van der Waals surface area contributed by atoms with Crippen molar-refractivity contribution in [1.29, 1.82) is 0 Å². The van der Waals surface area contributed by atoms with E-state index in [9.17, 15) is 19.2 Å². The number of carbonyl (C=O) groups excluding carboxylic acids is 4. The Morgan fingerprint density at radius 2 is 1.63 bits per heavy atom. The second kappa shape index (κ2) is 9.92. The lowest BCUT2D eigenvalue weighted by molar-refractivity contribution is -0.148. The zero-order valence-electron chi connectivity index (χ0n) is 15.8. The van der Waals surface area contributed by atoms with Crippen LogP contribution in [0.2, 0.25) is 0 Å². The Bertz CT molecular complexity index is 933. The van der Waals surface area contributed by atoms with Crippen molar-refractivity contribution in [3.63, 3.8) is 0 Å². The van der Waals surface area contributed by atoms with Gasteiger partial charge in [0.25, 0.3) is 17.7 Å². The second-order valence-corrected chi connectivity index (χ2v) is 6.11. The third kappa shape index (κ3) is 5.71. The van der Waals surface area contributed by atoms with Crippen LogP contribution < -0.4 is 25.6 Å². The molecule has 0 unspecified atom stereocenters. The van der Waals surface area contributed by atoms with Crippen molar-refractivity contribution in [2.75, 3.05) is 19.8 Å². The van der Waals surface area contributed by atoms with E-state index in [1.165, 1.54) is 0 Å². The summed E-state index contributed by atoms with van der Waals surface area (Å²) in [6.07, 6.45) is -0.948. The third-order valence-electron chi connectivity index (χ3n) is 3.92. The molecule has 0 spiro atoms. The molecular weight excluding hydrogens is 394 g/mol. The number of carbonyl (C=O) groups is 4. The van der Waals surface area contributed by atoms with Crippen LogP contribution in [0.1, 0.15) is 10.4 Å². The Morgan fingerprint density at radius 1 is 0.933 bits per heavy atom. The normalized spacial score (nSPS) is 14.2. The summed E-state index contributed by atoms with van der Waals surface area (Å²) < 4.78 is 15.7. The van der Waals surface area contributed by atoms with Gasteiger partial charge in [-0.15, -0.1) is 0 Å². The van der Waals surface area contributed by atoms with Crippen molar-refractivity contribution in [3.8, 4) is 11.5 Å². The minimum absolute atomic E-state index is 0.0190. The second-order valence-electron chi connectivity index (χ2n) is 6.11. The van der Waals surface area contributed by atoms with Gasteiger partial charge < -0.3 is 19.5 Å². The number of esters is 1. The molecule has 0 saturated heterocycles. The first-order valence-corrected chi connectivity index (χ1v) is 8.99. The van der Waals surface area contributed by atoms with E-state index in [0.29, 0.717) is 17.1 Å². The first kappa shape index (κ1) is 20.6. The highest BCUT2D eigenvalue weighted by atomic mass is 16.6. The molecule has 0 bridgehead atoms. The first-order valence-electron chi connectivity index (χ1n) is 8.99. The average Bonchev–Trinajstić information content (AvgIpc) is 2.79. The van der Waals surface area contributed by atoms with Crippen LogP contribution in [0.3, 0.4) is 0 Å². The van der Waals surface area contributed by atoms with Gasteiger partial charge in [-0.05, 0) is 24.3 Å². The van der Waals surface area contributed by atoms with Gasteiger partial charge in [0, 0.05) is 5.56 Å². The summed E-state index contributed by atoms with van der Waals surface area (Å²) in [5, 5.41) is 2.38. The molecule has 0 aliphatic carbocycles. The van der Waals surface area contributed by atoms with Gasteiger partial charge >= 0.3 is 5.97 Å². The number of hydrogen-bond acceptors (Lipinski definition) is 7. The molecule has 2 aromatic rings. The lowest BCUT2D eigenvalue weighted by atomic mass is 10.2. The summed E-state index contributed by atoms with van der Waals surface area (Å²) in [7, 11) is 0. The van der Waals surface area contributed by atoms with E-state index in [2.05, 4.69) is 16.2 Å². The predicted octanol–water partition coefficient (Wildman–Crippen LogP) is -0.0530. The van der Waals surface area contributed by atoms with E-state index in [1.54, 1.807) is 54.6 Å². The molecule has 156 valence electrons. The lowest BCUT2D eigenvalue weighted by Gasteiger charge is -2.25. The number of amides is 3. The van der Waals surface area contributed by atoms with Gasteiger partial charge in [-0.3, -0.25) is 30.0 Å². The molecule has 1 atom stereocenters. The third-order valence-corrected chi connectivity index (χ3v) is 3.92. The van der Waals surface area contributed by atoms with Crippen LogP contribution >= 0.6 is 0 Å². The molecule has 10 nitrogen and oxygen atoms in total. The highest BCUT2D eigenvalue weighted by molar-refractivity contribution is 5.96. The van der Waals surface area contributed by atoms with Crippen LogP contribution in [-0.2, 0) is 19.1 Å². The van der Waals surface area contributed by atoms with Crippen molar-refractivity contribution >= 4 is 23.7 Å². The minimum atomic E-state index is -0.948. The van der Waals surface area contributed by atoms with Crippen molar-refractivity contribution < 1.29 is 33.4 Å². The van der Waals surface area contributed by atoms with Gasteiger partial charge in [0.1, 0.15) is 13.2 Å². The molecule has 3 N–H and O–H groups in total. The van der Waals surface area contributed by atoms with Crippen LogP contribution in [0, 0.1) is 0 Å². The Kier molecular flexibility index (Phi) is 6.83. The van der Waals surface area contributed by atoms with E-state index < -0.39 is 42.9 Å². The Hall–Kier alpha value is -4.08. The maximum Gasteiger partial charge on any atom is 0.325 e. The molecular formula is C20H19N3O7. The number of hydrazine groups is 1. The topological polar surface area (TPSA) is 132 Å². The fraction of sp³-hybridized carbons (Fsp3) is 0.200. The number of benzene rings is 2. The Morgan fingerprint density at radius 3 is 2.40 bits per heavy atom. The van der Waals surface area contributed by atoms with Crippen LogP contribution in [-0.4, -0.2) is 49.6 Å². The number of fused-ring (bicyclic) bond motifs is 1. The van der Waals surface area contributed by atoms with Gasteiger partial charge in [-0.25, -0.2) is 0 Å². The standard InChI is InChI=1S/C20H19N3O7/c24-17(12-29-18(25)10-21-19(26)13-6-2-1-3-7-13)22-23-20(27)16-11-28-14-8-4-5-9-15(14)30-16/h1-9,16H,10-12H2,(H,21,26)(H,22,24)(H,23,27)/t16-/m0/s1. The molecule has 0 radical (unpaired) electrons. The van der Waals surface area contributed by atoms with Crippen molar-refractivity contribution in [2.45, 2.75) is 6.10 Å². The fourth-order valence-corrected chi connectivity index (χ4v) is 2.44. The first-order chi connectivity index (χ1) is 14.5. The van der Waals surface area contributed by atoms with E-state index in [0.717, 1.165) is 0 Å². The van der Waals surface area contributed by atoms with Gasteiger partial charge in [0.2, 0.25) is 6.10 Å². The van der Waals surface area contributed by atoms with Crippen LogP contribution in [0.15, 0.2) is 54.6 Å². The summed E-state index contributed by atoms with van der Waals surface area (Å²) in [6.45, 7) is -1.06. The molecule has 1 heterocycles. The zero-order chi connectivity index (χ0) is 21.3. The highest BCUT2D eigenvalue weighted by Crippen LogP contribution is 2.30. The van der Waals surface area contributed by atoms with Gasteiger partial charge in [0.15, 0.2) is 18.1 Å². The Labute approximate surface area is 171 Å². The van der Waals surface area contributed by atoms with Crippen molar-refractivity contribution in [2.24, 2.45) is 0 Å². The van der Waals surface area contributed by atoms with Crippen LogP contribution in [0.25, 0.3) is 0 Å². The molecule has 0 aromatic heterocycles. The molecule has 0 saturated carbocycles. The predicted molar refractivity (Wildman–Crippen MR) is 102 cm³/mol. The van der Waals surface area contributed by atoms with E-state index >= 15 is 0 Å². The zero-order valence-corrected chi connectivity index (χ0v) is 15.8.